The topological polar surface area (TPSA) is 55.1 Å². The minimum atomic E-state index is -0.937. The van der Waals surface area contributed by atoms with Gasteiger partial charge in [0.05, 0.1) is 11.1 Å². The first-order valence-corrected chi connectivity index (χ1v) is 6.90. The fraction of sp³-hybridized carbons (Fsp3) is 0.176. The number of imidazole rings is 1. The van der Waals surface area contributed by atoms with Gasteiger partial charge in [0.15, 0.2) is 0 Å². The summed E-state index contributed by atoms with van der Waals surface area (Å²) in [6.45, 7) is 2.70. The zero-order valence-electron chi connectivity index (χ0n) is 11.8. The molecule has 0 saturated carbocycles. The molecule has 1 aromatic heterocycles. The number of carbonyl (C=O) groups is 1. The highest BCUT2D eigenvalue weighted by atomic mass is 16.4. The number of aryl methyl sites for hydroxylation is 3. The average molecular weight is 280 g/mol. The van der Waals surface area contributed by atoms with E-state index in [2.05, 4.69) is 21.7 Å². The van der Waals surface area contributed by atoms with E-state index in [0.29, 0.717) is 5.52 Å². The number of aromatic carboxylic acids is 1. The summed E-state index contributed by atoms with van der Waals surface area (Å²) in [4.78, 5) is 15.7. The fourth-order valence-electron chi connectivity index (χ4n) is 2.60. The number of carboxylic acids is 1. The summed E-state index contributed by atoms with van der Waals surface area (Å²) < 4.78 is 2.08. The van der Waals surface area contributed by atoms with Crippen LogP contribution in [0.4, 0.5) is 0 Å². The highest BCUT2D eigenvalue weighted by molar-refractivity contribution is 6.01. The molecule has 0 spiro atoms. The van der Waals surface area contributed by atoms with Crippen LogP contribution >= 0.6 is 0 Å². The Bertz CT molecular complexity index is 791. The standard InChI is InChI=1S/C17H16N2O2/c1-12-18-16-14(17(20)21)8-5-9-15(16)19(12)11-10-13-6-3-2-4-7-13/h2-9H,10-11H2,1H3,(H,20,21). The highest BCUT2D eigenvalue weighted by Crippen LogP contribution is 2.20. The van der Waals surface area contributed by atoms with Crippen molar-refractivity contribution in [3.05, 3.63) is 65.5 Å². The lowest BCUT2D eigenvalue weighted by atomic mass is 10.1. The zero-order chi connectivity index (χ0) is 14.8. The third-order valence-electron chi connectivity index (χ3n) is 3.67. The number of rotatable bonds is 4. The van der Waals surface area contributed by atoms with E-state index in [1.165, 1.54) is 5.56 Å². The van der Waals surface area contributed by atoms with Gasteiger partial charge in [0.25, 0.3) is 0 Å². The first-order valence-electron chi connectivity index (χ1n) is 6.90. The molecule has 0 unspecified atom stereocenters. The van der Waals surface area contributed by atoms with Crippen molar-refractivity contribution in [2.75, 3.05) is 0 Å². The Kier molecular flexibility index (Phi) is 3.44. The van der Waals surface area contributed by atoms with Crippen molar-refractivity contribution in [3.63, 3.8) is 0 Å². The lowest BCUT2D eigenvalue weighted by molar-refractivity contribution is 0.0699. The van der Waals surface area contributed by atoms with Crippen LogP contribution in [-0.2, 0) is 13.0 Å². The Balaban J connectivity index is 1.97. The maximum Gasteiger partial charge on any atom is 0.337 e. The largest absolute Gasteiger partial charge is 0.478 e. The van der Waals surface area contributed by atoms with Crippen LogP contribution in [0, 0.1) is 6.92 Å². The second kappa shape index (κ2) is 5.40. The van der Waals surface area contributed by atoms with E-state index < -0.39 is 5.97 Å². The molecular weight excluding hydrogens is 264 g/mol. The molecule has 4 nitrogen and oxygen atoms in total. The number of aromatic nitrogens is 2. The van der Waals surface area contributed by atoms with Gasteiger partial charge in [0, 0.05) is 6.54 Å². The molecule has 0 aliphatic carbocycles. The van der Waals surface area contributed by atoms with Crippen molar-refractivity contribution in [2.24, 2.45) is 0 Å². The SMILES string of the molecule is Cc1nc2c(C(=O)O)cccc2n1CCc1ccccc1. The van der Waals surface area contributed by atoms with Gasteiger partial charge in [-0.25, -0.2) is 9.78 Å². The van der Waals surface area contributed by atoms with Crippen LogP contribution in [0.15, 0.2) is 48.5 Å². The second-order valence-electron chi connectivity index (χ2n) is 5.02. The Morgan fingerprint density at radius 2 is 1.90 bits per heavy atom. The fourth-order valence-corrected chi connectivity index (χ4v) is 2.60. The van der Waals surface area contributed by atoms with E-state index in [1.54, 1.807) is 12.1 Å². The zero-order valence-corrected chi connectivity index (χ0v) is 11.8. The van der Waals surface area contributed by atoms with Crippen molar-refractivity contribution in [2.45, 2.75) is 19.9 Å². The van der Waals surface area contributed by atoms with Crippen LogP contribution < -0.4 is 0 Å². The molecule has 0 atom stereocenters. The molecule has 21 heavy (non-hydrogen) atoms. The highest BCUT2D eigenvalue weighted by Gasteiger charge is 2.14. The maximum absolute atomic E-state index is 11.3. The summed E-state index contributed by atoms with van der Waals surface area (Å²) in [7, 11) is 0. The summed E-state index contributed by atoms with van der Waals surface area (Å²) in [6.07, 6.45) is 0.893. The number of nitrogens with zero attached hydrogens (tertiary/aromatic N) is 2. The van der Waals surface area contributed by atoms with Crippen LogP contribution in [0.2, 0.25) is 0 Å². The van der Waals surface area contributed by atoms with Gasteiger partial charge < -0.3 is 9.67 Å². The Morgan fingerprint density at radius 3 is 2.62 bits per heavy atom. The van der Waals surface area contributed by atoms with Gasteiger partial charge in [-0.1, -0.05) is 36.4 Å². The minimum absolute atomic E-state index is 0.258. The van der Waals surface area contributed by atoms with Gasteiger partial charge in [-0.2, -0.15) is 0 Å². The van der Waals surface area contributed by atoms with Gasteiger partial charge in [0.1, 0.15) is 11.3 Å². The molecule has 2 aromatic carbocycles. The van der Waals surface area contributed by atoms with Crippen LogP contribution in [-0.4, -0.2) is 20.6 Å². The van der Waals surface area contributed by atoms with Crippen LogP contribution in [0.5, 0.6) is 0 Å². The molecule has 0 aliphatic rings. The maximum atomic E-state index is 11.3. The summed E-state index contributed by atoms with van der Waals surface area (Å²) >= 11 is 0. The lowest BCUT2D eigenvalue weighted by Crippen LogP contribution is -2.03. The van der Waals surface area contributed by atoms with Gasteiger partial charge in [-0.15, -0.1) is 0 Å². The minimum Gasteiger partial charge on any atom is -0.478 e. The molecule has 0 saturated heterocycles. The third-order valence-corrected chi connectivity index (χ3v) is 3.67. The normalized spacial score (nSPS) is 10.9. The molecule has 4 heteroatoms. The van der Waals surface area contributed by atoms with Crippen molar-refractivity contribution < 1.29 is 9.90 Å². The van der Waals surface area contributed by atoms with Gasteiger partial charge in [-0.3, -0.25) is 0 Å². The van der Waals surface area contributed by atoms with Crippen LogP contribution in [0.3, 0.4) is 0 Å². The molecule has 3 rings (SSSR count). The van der Waals surface area contributed by atoms with Crippen LogP contribution in [0.25, 0.3) is 11.0 Å². The quantitative estimate of drug-likeness (QED) is 0.798. The Morgan fingerprint density at radius 1 is 1.14 bits per heavy atom. The molecule has 0 radical (unpaired) electrons. The molecule has 1 N–H and O–H groups in total. The molecule has 3 aromatic rings. The lowest BCUT2D eigenvalue weighted by Gasteiger charge is -2.07. The van der Waals surface area contributed by atoms with Crippen molar-refractivity contribution in [3.8, 4) is 0 Å². The van der Waals surface area contributed by atoms with Gasteiger partial charge >= 0.3 is 5.97 Å². The molecule has 0 bridgehead atoms. The molecule has 0 fully saturated rings. The number of fused-ring (bicyclic) bond motifs is 1. The van der Waals surface area contributed by atoms with E-state index in [-0.39, 0.29) is 5.56 Å². The number of hydrogen-bond acceptors (Lipinski definition) is 2. The average Bonchev–Trinajstić information content (AvgIpc) is 2.81. The number of benzene rings is 2. The number of carboxylic acid groups (broad SMARTS) is 1. The summed E-state index contributed by atoms with van der Waals surface area (Å²) in [6, 6.07) is 15.5. The number of hydrogen-bond donors (Lipinski definition) is 1. The van der Waals surface area contributed by atoms with Crippen molar-refractivity contribution in [1.82, 2.24) is 9.55 Å². The van der Waals surface area contributed by atoms with E-state index in [4.69, 9.17) is 0 Å². The van der Waals surface area contributed by atoms with Crippen molar-refractivity contribution in [1.29, 1.82) is 0 Å². The Labute approximate surface area is 122 Å². The third kappa shape index (κ3) is 2.52. The summed E-state index contributed by atoms with van der Waals surface area (Å²) in [5, 5.41) is 9.24. The second-order valence-corrected chi connectivity index (χ2v) is 5.02. The Hall–Kier alpha value is -2.62. The summed E-state index contributed by atoms with van der Waals surface area (Å²) in [5.74, 6) is -0.0945. The predicted molar refractivity (Wildman–Crippen MR) is 81.6 cm³/mol. The van der Waals surface area contributed by atoms with E-state index in [0.717, 1.165) is 24.3 Å². The molecule has 1 heterocycles. The molecule has 0 amide bonds. The monoisotopic (exact) mass is 280 g/mol. The molecule has 106 valence electrons. The van der Waals surface area contributed by atoms with E-state index >= 15 is 0 Å². The first kappa shape index (κ1) is 13.4. The molecule has 0 aliphatic heterocycles. The first-order chi connectivity index (χ1) is 10.2. The summed E-state index contributed by atoms with van der Waals surface area (Å²) in [5.41, 5.74) is 2.96. The van der Waals surface area contributed by atoms with Gasteiger partial charge in [-0.05, 0) is 31.0 Å². The van der Waals surface area contributed by atoms with Crippen LogP contribution in [0.1, 0.15) is 21.7 Å². The predicted octanol–water partition coefficient (Wildman–Crippen LogP) is 3.29. The number of para-hydroxylation sites is 1. The van der Waals surface area contributed by atoms with E-state index in [1.807, 2.05) is 31.2 Å². The van der Waals surface area contributed by atoms with E-state index in [9.17, 15) is 9.90 Å². The molecular formula is C17H16N2O2. The van der Waals surface area contributed by atoms with Crippen molar-refractivity contribution >= 4 is 17.0 Å². The van der Waals surface area contributed by atoms with Gasteiger partial charge in [0.2, 0.25) is 0 Å². The smallest absolute Gasteiger partial charge is 0.337 e.